The molecule has 0 aliphatic carbocycles. The highest BCUT2D eigenvalue weighted by atomic mass is 16.2. The minimum absolute atomic E-state index is 0.0505. The molecular weight excluding hydrogens is 308 g/mol. The van der Waals surface area contributed by atoms with Crippen molar-refractivity contribution in [1.29, 1.82) is 0 Å². The van der Waals surface area contributed by atoms with E-state index in [1.54, 1.807) is 0 Å². The first-order chi connectivity index (χ1) is 12.3. The lowest BCUT2D eigenvalue weighted by Gasteiger charge is -2.19. The van der Waals surface area contributed by atoms with E-state index in [0.29, 0.717) is 0 Å². The van der Waals surface area contributed by atoms with Gasteiger partial charge in [0.25, 0.3) is 0 Å². The summed E-state index contributed by atoms with van der Waals surface area (Å²) in [5.41, 5.74) is 3.02. The zero-order chi connectivity index (χ0) is 17.3. The van der Waals surface area contributed by atoms with Crippen LogP contribution < -0.4 is 10.6 Å². The van der Waals surface area contributed by atoms with Crippen molar-refractivity contribution in [2.75, 3.05) is 11.9 Å². The number of carbonyl (C=O) groups excluding carboxylic acids is 1. The van der Waals surface area contributed by atoms with Crippen LogP contribution in [0.3, 0.4) is 0 Å². The molecular formula is C22H22N2O. The summed E-state index contributed by atoms with van der Waals surface area (Å²) in [5, 5.41) is 6.38. The van der Waals surface area contributed by atoms with Crippen LogP contribution in [0.5, 0.6) is 0 Å². The maximum absolute atomic E-state index is 12.8. The predicted octanol–water partition coefficient (Wildman–Crippen LogP) is 4.20. The molecule has 0 radical (unpaired) electrons. The van der Waals surface area contributed by atoms with Gasteiger partial charge in [0.2, 0.25) is 5.91 Å². The molecule has 1 atom stereocenters. The highest BCUT2D eigenvalue weighted by Crippen LogP contribution is 2.16. The van der Waals surface area contributed by atoms with Gasteiger partial charge in [-0.25, -0.2) is 0 Å². The molecule has 0 spiro atoms. The lowest BCUT2D eigenvalue weighted by Crippen LogP contribution is -2.34. The Morgan fingerprint density at radius 2 is 1.32 bits per heavy atom. The number of benzene rings is 3. The van der Waals surface area contributed by atoms with Crippen molar-refractivity contribution >= 4 is 11.6 Å². The van der Waals surface area contributed by atoms with E-state index in [2.05, 4.69) is 22.8 Å². The minimum atomic E-state index is -0.384. The Morgan fingerprint density at radius 3 is 1.96 bits per heavy atom. The Bertz CT molecular complexity index is 773. The molecule has 25 heavy (non-hydrogen) atoms. The zero-order valence-corrected chi connectivity index (χ0v) is 14.1. The van der Waals surface area contributed by atoms with Crippen LogP contribution in [-0.2, 0) is 11.2 Å². The molecule has 0 fully saturated rings. The molecule has 1 amide bonds. The van der Waals surface area contributed by atoms with Crippen LogP contribution in [0.15, 0.2) is 91.0 Å². The van der Waals surface area contributed by atoms with Crippen LogP contribution in [0, 0.1) is 0 Å². The van der Waals surface area contributed by atoms with Crippen LogP contribution in [0.1, 0.15) is 17.2 Å². The summed E-state index contributed by atoms with van der Waals surface area (Å²) in [7, 11) is 0. The second-order valence-electron chi connectivity index (χ2n) is 5.89. The van der Waals surface area contributed by atoms with E-state index in [4.69, 9.17) is 0 Å². The molecule has 0 saturated carbocycles. The smallest absolute Gasteiger partial charge is 0.246 e. The number of hydrogen-bond donors (Lipinski definition) is 2. The van der Waals surface area contributed by atoms with Crippen LogP contribution in [0.25, 0.3) is 0 Å². The second kappa shape index (κ2) is 8.81. The van der Waals surface area contributed by atoms with Gasteiger partial charge in [-0.05, 0) is 29.7 Å². The molecule has 3 aromatic rings. The standard InChI is InChI=1S/C22H22N2O/c25-22(24-20-14-8-3-9-15-20)21(19-12-6-2-7-13-19)23-17-16-18-10-4-1-5-11-18/h1-15,21,23H,16-17H2,(H,24,25)/t21-/m0/s1. The lowest BCUT2D eigenvalue weighted by atomic mass is 10.1. The SMILES string of the molecule is O=C(Nc1ccccc1)[C@@H](NCCc1ccccc1)c1ccccc1. The summed E-state index contributed by atoms with van der Waals surface area (Å²) in [6, 6.07) is 29.3. The summed E-state index contributed by atoms with van der Waals surface area (Å²) in [6.45, 7) is 0.728. The molecule has 0 aliphatic rings. The molecule has 3 rings (SSSR count). The van der Waals surface area contributed by atoms with E-state index >= 15 is 0 Å². The summed E-state index contributed by atoms with van der Waals surface area (Å²) in [4.78, 5) is 12.8. The van der Waals surface area contributed by atoms with Crippen molar-refractivity contribution in [3.05, 3.63) is 102 Å². The molecule has 0 heterocycles. The Kier molecular flexibility index (Phi) is 5.96. The number of nitrogens with one attached hydrogen (secondary N) is 2. The third-order valence-electron chi connectivity index (χ3n) is 4.04. The Balaban J connectivity index is 1.68. The number of rotatable bonds is 7. The van der Waals surface area contributed by atoms with Crippen molar-refractivity contribution in [1.82, 2.24) is 5.32 Å². The van der Waals surface area contributed by atoms with Gasteiger partial charge in [0.05, 0.1) is 0 Å². The average molecular weight is 330 g/mol. The van der Waals surface area contributed by atoms with E-state index in [1.807, 2.05) is 78.9 Å². The number of para-hydroxylation sites is 1. The van der Waals surface area contributed by atoms with Crippen LogP contribution >= 0.6 is 0 Å². The van der Waals surface area contributed by atoms with E-state index in [1.165, 1.54) is 5.56 Å². The van der Waals surface area contributed by atoms with Gasteiger partial charge in [-0.1, -0.05) is 78.9 Å². The first kappa shape index (κ1) is 16.9. The Hall–Kier alpha value is -2.91. The van der Waals surface area contributed by atoms with Crippen LogP contribution in [-0.4, -0.2) is 12.5 Å². The van der Waals surface area contributed by atoms with Gasteiger partial charge in [0.15, 0.2) is 0 Å². The number of hydrogen-bond acceptors (Lipinski definition) is 2. The monoisotopic (exact) mass is 330 g/mol. The quantitative estimate of drug-likeness (QED) is 0.682. The third-order valence-corrected chi connectivity index (χ3v) is 4.04. The van der Waals surface area contributed by atoms with E-state index in [0.717, 1.165) is 24.2 Å². The fourth-order valence-corrected chi connectivity index (χ4v) is 2.75. The predicted molar refractivity (Wildman–Crippen MR) is 102 cm³/mol. The van der Waals surface area contributed by atoms with Crippen molar-refractivity contribution in [3.63, 3.8) is 0 Å². The first-order valence-electron chi connectivity index (χ1n) is 8.51. The molecule has 0 bridgehead atoms. The summed E-state index contributed by atoms with van der Waals surface area (Å²) < 4.78 is 0. The maximum atomic E-state index is 12.8. The van der Waals surface area contributed by atoms with Crippen molar-refractivity contribution in [3.8, 4) is 0 Å². The average Bonchev–Trinajstić information content (AvgIpc) is 2.67. The van der Waals surface area contributed by atoms with Gasteiger partial charge in [-0.3, -0.25) is 4.79 Å². The topological polar surface area (TPSA) is 41.1 Å². The van der Waals surface area contributed by atoms with Gasteiger partial charge in [-0.2, -0.15) is 0 Å². The second-order valence-corrected chi connectivity index (χ2v) is 5.89. The molecule has 0 unspecified atom stereocenters. The van der Waals surface area contributed by atoms with Gasteiger partial charge >= 0.3 is 0 Å². The third kappa shape index (κ3) is 5.03. The van der Waals surface area contributed by atoms with Gasteiger partial charge in [0, 0.05) is 12.2 Å². The van der Waals surface area contributed by atoms with E-state index < -0.39 is 0 Å². The maximum Gasteiger partial charge on any atom is 0.246 e. The van der Waals surface area contributed by atoms with E-state index in [9.17, 15) is 4.79 Å². The molecule has 3 nitrogen and oxygen atoms in total. The van der Waals surface area contributed by atoms with Crippen LogP contribution in [0.2, 0.25) is 0 Å². The molecule has 126 valence electrons. The molecule has 3 aromatic carbocycles. The van der Waals surface area contributed by atoms with Crippen LogP contribution in [0.4, 0.5) is 5.69 Å². The van der Waals surface area contributed by atoms with Gasteiger partial charge in [-0.15, -0.1) is 0 Å². The van der Waals surface area contributed by atoms with Crippen molar-refractivity contribution < 1.29 is 4.79 Å². The number of anilines is 1. The largest absolute Gasteiger partial charge is 0.324 e. The molecule has 0 aliphatic heterocycles. The highest BCUT2D eigenvalue weighted by molar-refractivity contribution is 5.95. The molecule has 0 aromatic heterocycles. The fourth-order valence-electron chi connectivity index (χ4n) is 2.75. The number of carbonyl (C=O) groups is 1. The number of amides is 1. The Labute approximate surface area is 148 Å². The molecule has 0 saturated heterocycles. The summed E-state index contributed by atoms with van der Waals surface area (Å²) in [6.07, 6.45) is 0.878. The lowest BCUT2D eigenvalue weighted by molar-refractivity contribution is -0.118. The summed E-state index contributed by atoms with van der Waals surface area (Å²) >= 11 is 0. The highest BCUT2D eigenvalue weighted by Gasteiger charge is 2.19. The van der Waals surface area contributed by atoms with Crippen molar-refractivity contribution in [2.24, 2.45) is 0 Å². The van der Waals surface area contributed by atoms with E-state index in [-0.39, 0.29) is 11.9 Å². The summed E-state index contributed by atoms with van der Waals surface area (Å²) in [5.74, 6) is -0.0505. The van der Waals surface area contributed by atoms with Gasteiger partial charge in [0.1, 0.15) is 6.04 Å². The minimum Gasteiger partial charge on any atom is -0.324 e. The normalized spacial score (nSPS) is 11.7. The molecule has 3 heteroatoms. The first-order valence-corrected chi connectivity index (χ1v) is 8.51. The van der Waals surface area contributed by atoms with Gasteiger partial charge < -0.3 is 10.6 Å². The van der Waals surface area contributed by atoms with Crippen molar-refractivity contribution in [2.45, 2.75) is 12.5 Å². The molecule has 2 N–H and O–H groups in total. The Morgan fingerprint density at radius 1 is 0.760 bits per heavy atom. The fraction of sp³-hybridized carbons (Fsp3) is 0.136. The zero-order valence-electron chi connectivity index (χ0n) is 14.1.